The molecule has 0 bridgehead atoms. The minimum absolute atomic E-state index is 0.0214. The van der Waals surface area contributed by atoms with Gasteiger partial charge in [-0.25, -0.2) is 9.97 Å². The third-order valence-electron chi connectivity index (χ3n) is 6.20. The molecule has 1 saturated heterocycles. The number of aromatic amines is 1. The molecule has 2 amide bonds. The summed E-state index contributed by atoms with van der Waals surface area (Å²) in [6, 6.07) is 0. The van der Waals surface area contributed by atoms with Crippen LogP contribution in [0.4, 0.5) is 0 Å². The van der Waals surface area contributed by atoms with Crippen LogP contribution in [0.2, 0.25) is 0 Å². The molecule has 9 heteroatoms. The number of likely N-dealkylation sites (tertiary alicyclic amines) is 1. The van der Waals surface area contributed by atoms with Gasteiger partial charge >= 0.3 is 0 Å². The Morgan fingerprint density at radius 2 is 2.00 bits per heavy atom. The molecule has 156 valence electrons. The molecule has 1 spiro atoms. The van der Waals surface area contributed by atoms with E-state index in [4.69, 9.17) is 4.74 Å². The number of aryl methyl sites for hydroxylation is 1. The standard InChI is InChI=1S/C20H28N6O3/c1-3-16-21-7-11-25(16)12-17(27)24-9-5-20(6-10-24)19-15(22-14-23-19)4-8-26(20)18(28)13-29-2/h7,11,14H,3-6,8-10,12-13H2,1-2H3,(H,22,23). The maximum Gasteiger partial charge on any atom is 0.249 e. The molecule has 4 rings (SSSR count). The lowest BCUT2D eigenvalue weighted by atomic mass is 9.78. The van der Waals surface area contributed by atoms with Gasteiger partial charge in [0, 0.05) is 57.7 Å². The molecule has 2 aliphatic heterocycles. The van der Waals surface area contributed by atoms with Gasteiger partial charge in [-0.3, -0.25) is 9.59 Å². The Kier molecular flexibility index (Phi) is 5.40. The topological polar surface area (TPSA) is 96.4 Å². The van der Waals surface area contributed by atoms with E-state index in [-0.39, 0.29) is 18.4 Å². The first-order valence-corrected chi connectivity index (χ1v) is 10.2. The van der Waals surface area contributed by atoms with E-state index in [1.165, 1.54) is 7.11 Å². The quantitative estimate of drug-likeness (QED) is 0.798. The Bertz CT molecular complexity index is 880. The summed E-state index contributed by atoms with van der Waals surface area (Å²) in [7, 11) is 1.54. The van der Waals surface area contributed by atoms with Gasteiger partial charge in [-0.15, -0.1) is 0 Å². The SMILES string of the molecule is CCc1nccn1CC(=O)N1CCC2(CC1)c1nc[nH]c1CCN2C(=O)COC. The first kappa shape index (κ1) is 19.6. The van der Waals surface area contributed by atoms with Gasteiger partial charge in [-0.2, -0.15) is 0 Å². The maximum atomic E-state index is 12.9. The number of hydrogen-bond donors (Lipinski definition) is 1. The van der Waals surface area contributed by atoms with Crippen molar-refractivity contribution in [2.24, 2.45) is 0 Å². The molecular formula is C20H28N6O3. The Balaban J connectivity index is 1.51. The van der Waals surface area contributed by atoms with Crippen LogP contribution < -0.4 is 0 Å². The Labute approximate surface area is 170 Å². The molecule has 4 heterocycles. The number of nitrogens with zero attached hydrogens (tertiary/aromatic N) is 5. The fourth-order valence-electron chi connectivity index (χ4n) is 4.72. The lowest BCUT2D eigenvalue weighted by molar-refractivity contribution is -0.148. The van der Waals surface area contributed by atoms with Gasteiger partial charge in [0.05, 0.1) is 17.6 Å². The van der Waals surface area contributed by atoms with E-state index >= 15 is 0 Å². The molecule has 2 aromatic rings. The van der Waals surface area contributed by atoms with Crippen molar-refractivity contribution in [2.45, 2.75) is 44.7 Å². The first-order chi connectivity index (χ1) is 14.1. The number of ether oxygens (including phenoxy) is 1. The zero-order valence-electron chi connectivity index (χ0n) is 17.1. The van der Waals surface area contributed by atoms with Crippen LogP contribution in [0.15, 0.2) is 18.7 Å². The Hall–Kier alpha value is -2.68. The number of aromatic nitrogens is 4. The number of nitrogens with one attached hydrogen (secondary N) is 1. The van der Waals surface area contributed by atoms with Crippen molar-refractivity contribution < 1.29 is 14.3 Å². The van der Waals surface area contributed by atoms with Crippen LogP contribution in [0.25, 0.3) is 0 Å². The molecule has 9 nitrogen and oxygen atoms in total. The fraction of sp³-hybridized carbons (Fsp3) is 0.600. The summed E-state index contributed by atoms with van der Waals surface area (Å²) in [5.74, 6) is 0.976. The van der Waals surface area contributed by atoms with Crippen molar-refractivity contribution in [1.82, 2.24) is 29.3 Å². The summed E-state index contributed by atoms with van der Waals surface area (Å²) < 4.78 is 7.02. The highest BCUT2D eigenvalue weighted by atomic mass is 16.5. The van der Waals surface area contributed by atoms with Gasteiger partial charge in [0.1, 0.15) is 19.0 Å². The third kappa shape index (κ3) is 3.43. The molecular weight excluding hydrogens is 372 g/mol. The van der Waals surface area contributed by atoms with Gasteiger partial charge in [0.25, 0.3) is 0 Å². The number of fused-ring (bicyclic) bond motifs is 2. The Morgan fingerprint density at radius 3 is 2.72 bits per heavy atom. The molecule has 2 aliphatic rings. The summed E-state index contributed by atoms with van der Waals surface area (Å²) in [5, 5.41) is 0. The van der Waals surface area contributed by atoms with Crippen molar-refractivity contribution in [3.8, 4) is 0 Å². The van der Waals surface area contributed by atoms with Crippen LogP contribution in [0.1, 0.15) is 37.0 Å². The zero-order valence-corrected chi connectivity index (χ0v) is 17.1. The molecule has 0 unspecified atom stereocenters. The monoisotopic (exact) mass is 400 g/mol. The van der Waals surface area contributed by atoms with Gasteiger partial charge < -0.3 is 24.1 Å². The number of imidazole rings is 2. The van der Waals surface area contributed by atoms with Crippen molar-refractivity contribution in [3.05, 3.63) is 35.9 Å². The van der Waals surface area contributed by atoms with E-state index in [0.717, 1.165) is 30.1 Å². The summed E-state index contributed by atoms with van der Waals surface area (Å²) in [6.07, 6.45) is 8.20. The zero-order chi connectivity index (χ0) is 20.4. The van der Waals surface area contributed by atoms with E-state index in [1.54, 1.807) is 12.5 Å². The van der Waals surface area contributed by atoms with Gasteiger partial charge in [-0.05, 0) is 12.8 Å². The molecule has 0 aliphatic carbocycles. The molecule has 1 fully saturated rings. The van der Waals surface area contributed by atoms with Crippen LogP contribution in [0.5, 0.6) is 0 Å². The number of methoxy groups -OCH3 is 1. The van der Waals surface area contributed by atoms with E-state index in [1.807, 2.05) is 27.5 Å². The second kappa shape index (κ2) is 7.98. The summed E-state index contributed by atoms with van der Waals surface area (Å²) >= 11 is 0. The highest BCUT2D eigenvalue weighted by Gasteiger charge is 2.49. The second-order valence-corrected chi connectivity index (χ2v) is 7.70. The largest absolute Gasteiger partial charge is 0.375 e. The predicted octanol–water partition coefficient (Wildman–Crippen LogP) is 0.718. The summed E-state index contributed by atoms with van der Waals surface area (Å²) in [5.41, 5.74) is 1.57. The molecule has 29 heavy (non-hydrogen) atoms. The first-order valence-electron chi connectivity index (χ1n) is 10.2. The van der Waals surface area contributed by atoms with Crippen LogP contribution in [0, 0.1) is 0 Å². The van der Waals surface area contributed by atoms with Crippen LogP contribution in [0.3, 0.4) is 0 Å². The number of H-pyrrole nitrogens is 1. The highest BCUT2D eigenvalue weighted by molar-refractivity contribution is 5.79. The van der Waals surface area contributed by atoms with Crippen molar-refractivity contribution in [3.63, 3.8) is 0 Å². The minimum Gasteiger partial charge on any atom is -0.375 e. The van der Waals surface area contributed by atoms with Crippen molar-refractivity contribution >= 4 is 11.8 Å². The van der Waals surface area contributed by atoms with Crippen molar-refractivity contribution in [2.75, 3.05) is 33.4 Å². The minimum atomic E-state index is -0.469. The number of amides is 2. The van der Waals surface area contributed by atoms with E-state index in [2.05, 4.69) is 15.0 Å². The highest BCUT2D eigenvalue weighted by Crippen LogP contribution is 2.42. The van der Waals surface area contributed by atoms with Crippen LogP contribution in [-0.2, 0) is 39.3 Å². The number of rotatable bonds is 5. The fourth-order valence-corrected chi connectivity index (χ4v) is 4.72. The molecule has 0 aromatic carbocycles. The molecule has 0 atom stereocenters. The maximum absolute atomic E-state index is 12.9. The van der Waals surface area contributed by atoms with Gasteiger partial charge in [0.2, 0.25) is 11.8 Å². The number of piperidine rings is 1. The van der Waals surface area contributed by atoms with E-state index < -0.39 is 5.54 Å². The number of hydrogen-bond acceptors (Lipinski definition) is 5. The Morgan fingerprint density at radius 1 is 1.21 bits per heavy atom. The number of carbonyl (C=O) groups excluding carboxylic acids is 2. The number of carbonyl (C=O) groups is 2. The summed E-state index contributed by atoms with van der Waals surface area (Å²) in [4.78, 5) is 41.6. The molecule has 2 aromatic heterocycles. The van der Waals surface area contributed by atoms with Gasteiger partial charge in [-0.1, -0.05) is 6.92 Å². The molecule has 0 saturated carbocycles. The van der Waals surface area contributed by atoms with Gasteiger partial charge in [0.15, 0.2) is 0 Å². The smallest absolute Gasteiger partial charge is 0.249 e. The molecule has 1 N–H and O–H groups in total. The van der Waals surface area contributed by atoms with E-state index in [9.17, 15) is 9.59 Å². The average Bonchev–Trinajstić information content (AvgIpc) is 3.38. The van der Waals surface area contributed by atoms with Crippen LogP contribution >= 0.6 is 0 Å². The normalized spacial score (nSPS) is 18.1. The second-order valence-electron chi connectivity index (χ2n) is 7.70. The lowest BCUT2D eigenvalue weighted by Crippen LogP contribution is -2.59. The van der Waals surface area contributed by atoms with Crippen LogP contribution in [-0.4, -0.2) is 74.5 Å². The lowest BCUT2D eigenvalue weighted by Gasteiger charge is -2.50. The molecule has 0 radical (unpaired) electrons. The van der Waals surface area contributed by atoms with E-state index in [0.29, 0.717) is 39.0 Å². The third-order valence-corrected chi connectivity index (χ3v) is 6.20. The predicted molar refractivity (Wildman–Crippen MR) is 105 cm³/mol. The summed E-state index contributed by atoms with van der Waals surface area (Å²) in [6.45, 7) is 4.22. The average molecular weight is 400 g/mol. The van der Waals surface area contributed by atoms with Crippen molar-refractivity contribution in [1.29, 1.82) is 0 Å².